The standard InChI is InChI=1S/C23H22FN3O/c1-22(2,3)21-25-14-8-6-5-7-12(14)20-26-19-15(27(20)21)11-13-16-9-10-23(4,28-16)17(13)18(19)24/h5-8,11,16H,9-10H2,1-4H3. The molecule has 0 spiro atoms. The molecule has 2 unspecified atom stereocenters. The van der Waals surface area contributed by atoms with E-state index >= 15 is 4.39 Å². The van der Waals surface area contributed by atoms with Crippen LogP contribution in [0.2, 0.25) is 0 Å². The van der Waals surface area contributed by atoms with Gasteiger partial charge in [-0.15, -0.1) is 0 Å². The van der Waals surface area contributed by atoms with Gasteiger partial charge in [0.25, 0.3) is 0 Å². The minimum Gasteiger partial charge on any atom is -0.363 e. The van der Waals surface area contributed by atoms with E-state index in [0.717, 1.165) is 46.3 Å². The van der Waals surface area contributed by atoms with Gasteiger partial charge in [0.2, 0.25) is 0 Å². The zero-order chi connectivity index (χ0) is 19.4. The number of imidazole rings is 1. The van der Waals surface area contributed by atoms with Crippen LogP contribution in [0.25, 0.3) is 27.6 Å². The quantitative estimate of drug-likeness (QED) is 0.404. The number of hydrogen-bond acceptors (Lipinski definition) is 3. The Morgan fingerprint density at radius 2 is 2.00 bits per heavy atom. The Balaban J connectivity index is 1.84. The second-order valence-electron chi connectivity index (χ2n) is 9.37. The highest BCUT2D eigenvalue weighted by atomic mass is 19.1. The predicted molar refractivity (Wildman–Crippen MR) is 107 cm³/mol. The van der Waals surface area contributed by atoms with Crippen molar-refractivity contribution in [3.63, 3.8) is 0 Å². The van der Waals surface area contributed by atoms with Gasteiger partial charge in [-0.1, -0.05) is 32.9 Å². The van der Waals surface area contributed by atoms with Crippen LogP contribution < -0.4 is 0 Å². The van der Waals surface area contributed by atoms with Crippen molar-refractivity contribution < 1.29 is 9.13 Å². The normalized spacial score (nSPS) is 24.0. The van der Waals surface area contributed by atoms with Gasteiger partial charge < -0.3 is 4.74 Å². The maximum absolute atomic E-state index is 15.8. The van der Waals surface area contributed by atoms with E-state index in [-0.39, 0.29) is 17.3 Å². The summed E-state index contributed by atoms with van der Waals surface area (Å²) >= 11 is 0. The van der Waals surface area contributed by atoms with Crippen molar-refractivity contribution in [3.8, 4) is 0 Å². The lowest BCUT2D eigenvalue weighted by Gasteiger charge is -2.22. The molecule has 1 fully saturated rings. The smallest absolute Gasteiger partial charge is 0.157 e. The number of benzene rings is 2. The number of para-hydroxylation sites is 1. The summed E-state index contributed by atoms with van der Waals surface area (Å²) < 4.78 is 24.0. The molecule has 2 aromatic carbocycles. The van der Waals surface area contributed by atoms with Crippen LogP contribution in [0.15, 0.2) is 30.3 Å². The fourth-order valence-corrected chi connectivity index (χ4v) is 5.05. The molecule has 0 radical (unpaired) electrons. The van der Waals surface area contributed by atoms with Gasteiger partial charge in [0.05, 0.1) is 22.7 Å². The third kappa shape index (κ3) is 1.88. The van der Waals surface area contributed by atoms with Gasteiger partial charge in [0.1, 0.15) is 17.0 Å². The van der Waals surface area contributed by atoms with E-state index in [9.17, 15) is 0 Å². The van der Waals surface area contributed by atoms with E-state index in [2.05, 4.69) is 31.2 Å². The van der Waals surface area contributed by atoms with E-state index < -0.39 is 5.60 Å². The average Bonchev–Trinajstić information content (AvgIpc) is 3.29. The highest BCUT2D eigenvalue weighted by Crippen LogP contribution is 2.56. The summed E-state index contributed by atoms with van der Waals surface area (Å²) in [5.74, 6) is 0.656. The summed E-state index contributed by atoms with van der Waals surface area (Å²) in [4.78, 5) is 9.75. The van der Waals surface area contributed by atoms with Crippen molar-refractivity contribution >= 4 is 27.6 Å². The van der Waals surface area contributed by atoms with Crippen LogP contribution in [0, 0.1) is 5.82 Å². The summed E-state index contributed by atoms with van der Waals surface area (Å²) in [5.41, 5.74) is 3.80. The van der Waals surface area contributed by atoms with Crippen molar-refractivity contribution in [2.75, 3.05) is 0 Å². The monoisotopic (exact) mass is 375 g/mol. The van der Waals surface area contributed by atoms with Crippen LogP contribution in [0.5, 0.6) is 0 Å². The van der Waals surface area contributed by atoms with Crippen LogP contribution in [-0.2, 0) is 15.8 Å². The van der Waals surface area contributed by atoms with E-state index in [1.807, 2.05) is 31.2 Å². The topological polar surface area (TPSA) is 39.4 Å². The first kappa shape index (κ1) is 16.4. The van der Waals surface area contributed by atoms with Crippen molar-refractivity contribution in [2.45, 2.75) is 57.7 Å². The number of hydrogen-bond donors (Lipinski definition) is 0. The minimum absolute atomic E-state index is 0.0176. The van der Waals surface area contributed by atoms with Gasteiger partial charge in [0.15, 0.2) is 5.82 Å². The fraction of sp³-hybridized carbons (Fsp3) is 0.391. The fourth-order valence-electron chi connectivity index (χ4n) is 5.05. The van der Waals surface area contributed by atoms with Gasteiger partial charge in [-0.25, -0.2) is 14.4 Å². The molecule has 6 rings (SSSR count). The molecular weight excluding hydrogens is 353 g/mol. The van der Waals surface area contributed by atoms with Crippen LogP contribution in [-0.4, -0.2) is 14.4 Å². The second-order valence-corrected chi connectivity index (χ2v) is 9.37. The maximum Gasteiger partial charge on any atom is 0.157 e. The molecule has 2 atom stereocenters. The Kier molecular flexibility index (Phi) is 2.87. The zero-order valence-corrected chi connectivity index (χ0v) is 16.5. The second kappa shape index (κ2) is 4.90. The van der Waals surface area contributed by atoms with E-state index in [4.69, 9.17) is 14.7 Å². The molecular formula is C23H22FN3O. The summed E-state index contributed by atoms with van der Waals surface area (Å²) in [7, 11) is 0. The van der Waals surface area contributed by atoms with Crippen LogP contribution >= 0.6 is 0 Å². The molecule has 4 heterocycles. The molecule has 1 saturated heterocycles. The molecule has 0 amide bonds. The van der Waals surface area contributed by atoms with Crippen molar-refractivity contribution in [2.24, 2.45) is 0 Å². The third-order valence-electron chi connectivity index (χ3n) is 6.34. The van der Waals surface area contributed by atoms with E-state index in [0.29, 0.717) is 11.1 Å². The average molecular weight is 375 g/mol. The number of nitrogens with zero attached hydrogens (tertiary/aromatic N) is 3. The lowest BCUT2D eigenvalue weighted by molar-refractivity contribution is -0.00843. The molecule has 2 aliphatic heterocycles. The van der Waals surface area contributed by atoms with Crippen molar-refractivity contribution in [1.29, 1.82) is 0 Å². The Hall–Kier alpha value is -2.53. The maximum atomic E-state index is 15.8. The number of halogens is 1. The molecule has 0 N–H and O–H groups in total. The first-order chi connectivity index (χ1) is 13.3. The molecule has 0 saturated carbocycles. The van der Waals surface area contributed by atoms with Gasteiger partial charge in [-0.05, 0) is 43.5 Å². The molecule has 0 aliphatic carbocycles. The van der Waals surface area contributed by atoms with Gasteiger partial charge >= 0.3 is 0 Å². The first-order valence-corrected chi connectivity index (χ1v) is 9.90. The third-order valence-corrected chi connectivity index (χ3v) is 6.34. The van der Waals surface area contributed by atoms with Crippen LogP contribution in [0.3, 0.4) is 0 Å². The lowest BCUT2D eigenvalue weighted by Crippen LogP contribution is -2.20. The number of aromatic nitrogens is 3. The van der Waals surface area contributed by atoms with E-state index in [1.165, 1.54) is 0 Å². The minimum atomic E-state index is -0.527. The van der Waals surface area contributed by atoms with Gasteiger partial charge in [0, 0.05) is 16.4 Å². The molecule has 142 valence electrons. The molecule has 4 nitrogen and oxygen atoms in total. The van der Waals surface area contributed by atoms with Crippen LogP contribution in [0.4, 0.5) is 4.39 Å². The number of fused-ring (bicyclic) bond motifs is 10. The molecule has 5 heteroatoms. The predicted octanol–water partition coefficient (Wildman–Crippen LogP) is 5.55. The van der Waals surface area contributed by atoms with Gasteiger partial charge in [-0.2, -0.15) is 0 Å². The summed E-state index contributed by atoms with van der Waals surface area (Å²) in [6, 6.07) is 10.1. The molecule has 2 aromatic heterocycles. The largest absolute Gasteiger partial charge is 0.363 e. The van der Waals surface area contributed by atoms with Crippen LogP contribution in [0.1, 0.15) is 63.6 Å². The summed E-state index contributed by atoms with van der Waals surface area (Å²) in [6.45, 7) is 8.39. The highest BCUT2D eigenvalue weighted by Gasteiger charge is 2.50. The molecule has 2 aliphatic rings. The van der Waals surface area contributed by atoms with E-state index in [1.54, 1.807) is 0 Å². The molecule has 28 heavy (non-hydrogen) atoms. The number of rotatable bonds is 0. The first-order valence-electron chi connectivity index (χ1n) is 9.90. The Bertz CT molecular complexity index is 1320. The Morgan fingerprint density at radius 1 is 1.21 bits per heavy atom. The Labute approximate surface area is 162 Å². The Morgan fingerprint density at radius 3 is 2.79 bits per heavy atom. The van der Waals surface area contributed by atoms with Gasteiger partial charge in [-0.3, -0.25) is 4.40 Å². The van der Waals surface area contributed by atoms with Crippen molar-refractivity contribution in [1.82, 2.24) is 14.4 Å². The molecule has 2 bridgehead atoms. The lowest BCUT2D eigenvalue weighted by atomic mass is 9.83. The zero-order valence-electron chi connectivity index (χ0n) is 16.5. The highest BCUT2D eigenvalue weighted by molar-refractivity contribution is 5.97. The van der Waals surface area contributed by atoms with Crippen molar-refractivity contribution in [3.05, 3.63) is 53.1 Å². The SMILES string of the molecule is CC(C)(C)c1nc2ccccc2c2nc3c(F)c4c(cc3n12)C1CCC4(C)O1. The summed E-state index contributed by atoms with van der Waals surface area (Å²) in [5, 5.41) is 0.941. The molecule has 4 aromatic rings. The summed E-state index contributed by atoms with van der Waals surface area (Å²) in [6.07, 6.45) is 1.78. The number of ether oxygens (including phenoxy) is 1.